The van der Waals surface area contributed by atoms with Crippen molar-refractivity contribution < 1.29 is 4.79 Å². The van der Waals surface area contributed by atoms with Crippen molar-refractivity contribution in [3.05, 3.63) is 47.0 Å². The quantitative estimate of drug-likeness (QED) is 0.816. The lowest BCUT2D eigenvalue weighted by atomic mass is 10.0. The Balaban J connectivity index is 2.06. The summed E-state index contributed by atoms with van der Waals surface area (Å²) in [7, 11) is 0. The van der Waals surface area contributed by atoms with Crippen LogP contribution in [-0.4, -0.2) is 5.91 Å². The van der Waals surface area contributed by atoms with Gasteiger partial charge in [-0.3, -0.25) is 4.79 Å². The lowest BCUT2D eigenvalue weighted by Gasteiger charge is -2.17. The molecule has 3 unspecified atom stereocenters. The Bertz CT molecular complexity index is 567. The molecule has 1 aromatic carbocycles. The molecule has 1 fully saturated rings. The van der Waals surface area contributed by atoms with Crippen molar-refractivity contribution in [3.63, 3.8) is 0 Å². The normalized spacial score (nSPS) is 24.1. The topological polar surface area (TPSA) is 29.1 Å². The van der Waals surface area contributed by atoms with E-state index < -0.39 is 0 Å². The summed E-state index contributed by atoms with van der Waals surface area (Å²) in [5.41, 5.74) is 3.78. The zero-order chi connectivity index (χ0) is 15.8. The number of carbonyl (C=O) groups is 1. The first-order valence-corrected chi connectivity index (χ1v) is 7.76. The van der Waals surface area contributed by atoms with Gasteiger partial charge in [0.15, 0.2) is 0 Å². The number of hydrogen-bond acceptors (Lipinski definition) is 1. The number of aryl methyl sites for hydroxylation is 1. The second kappa shape index (κ2) is 5.67. The molecular formula is C19H27NO. The summed E-state index contributed by atoms with van der Waals surface area (Å²) >= 11 is 0. The minimum Gasteiger partial charge on any atom is -0.349 e. The first-order chi connectivity index (χ1) is 9.75. The smallest absolute Gasteiger partial charge is 0.224 e. The molecule has 1 aromatic rings. The van der Waals surface area contributed by atoms with E-state index in [-0.39, 0.29) is 23.3 Å². The number of allylic oxidation sites excluding steroid dienone is 2. The van der Waals surface area contributed by atoms with Crippen LogP contribution in [0.3, 0.4) is 0 Å². The number of amides is 1. The van der Waals surface area contributed by atoms with Crippen LogP contribution in [0, 0.1) is 24.2 Å². The summed E-state index contributed by atoms with van der Waals surface area (Å²) in [4.78, 5) is 12.6. The third-order valence-electron chi connectivity index (χ3n) is 4.72. The van der Waals surface area contributed by atoms with Crippen molar-refractivity contribution in [2.75, 3.05) is 0 Å². The van der Waals surface area contributed by atoms with Crippen LogP contribution in [0.15, 0.2) is 35.9 Å². The molecular weight excluding hydrogens is 258 g/mol. The highest BCUT2D eigenvalue weighted by molar-refractivity contribution is 5.84. The molecule has 1 aliphatic carbocycles. The SMILES string of the molecule is CC(C)=CC1C(C(=O)NC(C)c2ccccc2C)C1(C)C. The third kappa shape index (κ3) is 3.20. The van der Waals surface area contributed by atoms with Crippen LogP contribution in [0.25, 0.3) is 0 Å². The molecule has 2 heteroatoms. The molecule has 0 aliphatic heterocycles. The van der Waals surface area contributed by atoms with Gasteiger partial charge < -0.3 is 5.32 Å². The lowest BCUT2D eigenvalue weighted by Crippen LogP contribution is -2.30. The third-order valence-corrected chi connectivity index (χ3v) is 4.72. The molecule has 3 atom stereocenters. The second-order valence-electron chi connectivity index (χ2n) is 7.16. The fourth-order valence-corrected chi connectivity index (χ4v) is 3.30. The summed E-state index contributed by atoms with van der Waals surface area (Å²) in [6.07, 6.45) is 2.24. The first-order valence-electron chi connectivity index (χ1n) is 7.76. The predicted molar refractivity (Wildman–Crippen MR) is 87.9 cm³/mol. The molecule has 0 heterocycles. The molecule has 1 saturated carbocycles. The molecule has 114 valence electrons. The van der Waals surface area contributed by atoms with E-state index in [0.29, 0.717) is 5.92 Å². The average molecular weight is 285 g/mol. The van der Waals surface area contributed by atoms with Crippen LogP contribution in [0.4, 0.5) is 0 Å². The van der Waals surface area contributed by atoms with Gasteiger partial charge in [-0.25, -0.2) is 0 Å². The van der Waals surface area contributed by atoms with Crippen molar-refractivity contribution in [1.82, 2.24) is 5.32 Å². The van der Waals surface area contributed by atoms with Crippen LogP contribution in [-0.2, 0) is 4.79 Å². The highest BCUT2D eigenvalue weighted by atomic mass is 16.2. The summed E-state index contributed by atoms with van der Waals surface area (Å²) < 4.78 is 0. The van der Waals surface area contributed by atoms with Gasteiger partial charge in [0.1, 0.15) is 0 Å². The molecule has 0 radical (unpaired) electrons. The van der Waals surface area contributed by atoms with Gasteiger partial charge in [-0.15, -0.1) is 0 Å². The molecule has 0 bridgehead atoms. The Morgan fingerprint density at radius 3 is 2.48 bits per heavy atom. The maximum Gasteiger partial charge on any atom is 0.224 e. The summed E-state index contributed by atoms with van der Waals surface area (Å²) in [6, 6.07) is 8.29. The number of rotatable bonds is 4. The summed E-state index contributed by atoms with van der Waals surface area (Å²) in [6.45, 7) is 12.7. The van der Waals surface area contributed by atoms with Crippen molar-refractivity contribution in [3.8, 4) is 0 Å². The molecule has 0 aromatic heterocycles. The maximum absolute atomic E-state index is 12.6. The van der Waals surface area contributed by atoms with E-state index in [0.717, 1.165) is 0 Å². The van der Waals surface area contributed by atoms with Crippen molar-refractivity contribution in [2.24, 2.45) is 17.3 Å². The van der Waals surface area contributed by atoms with Crippen LogP contribution in [0.2, 0.25) is 0 Å². The fourth-order valence-electron chi connectivity index (χ4n) is 3.30. The van der Waals surface area contributed by atoms with E-state index >= 15 is 0 Å². The molecule has 0 saturated heterocycles. The maximum atomic E-state index is 12.6. The average Bonchev–Trinajstić information content (AvgIpc) is 2.90. The molecule has 1 N–H and O–H groups in total. The largest absolute Gasteiger partial charge is 0.349 e. The van der Waals surface area contributed by atoms with Gasteiger partial charge in [-0.2, -0.15) is 0 Å². The minimum absolute atomic E-state index is 0.0578. The summed E-state index contributed by atoms with van der Waals surface area (Å²) in [5.74, 6) is 0.642. The Morgan fingerprint density at radius 2 is 1.90 bits per heavy atom. The van der Waals surface area contributed by atoms with Crippen LogP contribution in [0.1, 0.15) is 51.8 Å². The van der Waals surface area contributed by atoms with Crippen molar-refractivity contribution in [2.45, 2.75) is 47.6 Å². The molecule has 2 nitrogen and oxygen atoms in total. The van der Waals surface area contributed by atoms with Gasteiger partial charge in [0.05, 0.1) is 12.0 Å². The van der Waals surface area contributed by atoms with Gasteiger partial charge >= 0.3 is 0 Å². The Labute approximate surface area is 128 Å². The molecule has 1 amide bonds. The summed E-state index contributed by atoms with van der Waals surface area (Å²) in [5, 5.41) is 3.19. The van der Waals surface area contributed by atoms with E-state index in [4.69, 9.17) is 0 Å². The minimum atomic E-state index is 0.0578. The van der Waals surface area contributed by atoms with Crippen LogP contribution >= 0.6 is 0 Å². The van der Waals surface area contributed by atoms with Gasteiger partial charge in [0.25, 0.3) is 0 Å². The van der Waals surface area contributed by atoms with Crippen molar-refractivity contribution >= 4 is 5.91 Å². The number of carbonyl (C=O) groups excluding carboxylic acids is 1. The van der Waals surface area contributed by atoms with Gasteiger partial charge in [0.2, 0.25) is 5.91 Å². The number of hydrogen-bond donors (Lipinski definition) is 1. The van der Waals surface area contributed by atoms with Crippen molar-refractivity contribution in [1.29, 1.82) is 0 Å². The zero-order valence-corrected chi connectivity index (χ0v) is 14.0. The van der Waals surface area contributed by atoms with Crippen LogP contribution in [0.5, 0.6) is 0 Å². The molecule has 0 spiro atoms. The monoisotopic (exact) mass is 285 g/mol. The highest BCUT2D eigenvalue weighted by Crippen LogP contribution is 2.59. The molecule has 21 heavy (non-hydrogen) atoms. The molecule has 2 rings (SSSR count). The Morgan fingerprint density at radius 1 is 1.29 bits per heavy atom. The second-order valence-corrected chi connectivity index (χ2v) is 7.16. The number of benzene rings is 1. The molecule has 1 aliphatic rings. The van der Waals surface area contributed by atoms with E-state index in [1.165, 1.54) is 16.7 Å². The van der Waals surface area contributed by atoms with Gasteiger partial charge in [-0.1, -0.05) is 49.8 Å². The van der Waals surface area contributed by atoms with Gasteiger partial charge in [-0.05, 0) is 50.2 Å². The predicted octanol–water partition coefficient (Wildman–Crippen LogP) is 4.41. The van der Waals surface area contributed by atoms with Gasteiger partial charge in [0, 0.05) is 0 Å². The number of nitrogens with one attached hydrogen (secondary N) is 1. The van der Waals surface area contributed by atoms with E-state index in [1.807, 2.05) is 12.1 Å². The van der Waals surface area contributed by atoms with E-state index in [9.17, 15) is 4.79 Å². The van der Waals surface area contributed by atoms with E-state index in [2.05, 4.69) is 65.1 Å². The van der Waals surface area contributed by atoms with Crippen LogP contribution < -0.4 is 5.32 Å². The standard InChI is InChI=1S/C19H27NO/c1-12(2)11-16-17(19(16,5)6)18(21)20-14(4)15-10-8-7-9-13(15)3/h7-11,14,16-17H,1-6H3,(H,20,21). The Kier molecular flexibility index (Phi) is 4.27. The lowest BCUT2D eigenvalue weighted by molar-refractivity contribution is -0.123. The fraction of sp³-hybridized carbons (Fsp3) is 0.526. The van der Waals surface area contributed by atoms with E-state index in [1.54, 1.807) is 0 Å². The first kappa shape index (κ1) is 15.8. The zero-order valence-electron chi connectivity index (χ0n) is 14.0. The Hall–Kier alpha value is -1.57. The highest BCUT2D eigenvalue weighted by Gasteiger charge is 2.60.